The number of carbonyl (C=O) groups is 1. The van der Waals surface area contributed by atoms with Gasteiger partial charge in [-0.3, -0.25) is 4.79 Å². The summed E-state index contributed by atoms with van der Waals surface area (Å²) in [6, 6.07) is 2.22. The standard InChI is InChI=1S/C12H15NO/c13-8-2-6-12-5-1-3-10(12)9-11(14)4-7-12/h9H,1-7H2. The van der Waals surface area contributed by atoms with Crippen LogP contribution in [-0.2, 0) is 4.79 Å². The number of hydrogen-bond acceptors (Lipinski definition) is 2. The third-order valence-electron chi connectivity index (χ3n) is 3.68. The molecule has 0 aliphatic heterocycles. The minimum absolute atomic E-state index is 0.240. The molecule has 1 atom stereocenters. The van der Waals surface area contributed by atoms with Crippen LogP contribution >= 0.6 is 0 Å². The summed E-state index contributed by atoms with van der Waals surface area (Å²) in [4.78, 5) is 11.3. The molecule has 0 heterocycles. The van der Waals surface area contributed by atoms with Crippen molar-refractivity contribution < 1.29 is 4.79 Å². The second-order valence-corrected chi connectivity index (χ2v) is 4.43. The lowest BCUT2D eigenvalue weighted by Gasteiger charge is -2.32. The van der Waals surface area contributed by atoms with Crippen molar-refractivity contribution in [2.45, 2.75) is 44.9 Å². The first kappa shape index (κ1) is 9.45. The molecule has 74 valence electrons. The van der Waals surface area contributed by atoms with Crippen molar-refractivity contribution in [2.24, 2.45) is 5.41 Å². The van der Waals surface area contributed by atoms with E-state index in [-0.39, 0.29) is 11.2 Å². The lowest BCUT2D eigenvalue weighted by atomic mass is 9.71. The molecular weight excluding hydrogens is 174 g/mol. The number of rotatable bonds is 2. The van der Waals surface area contributed by atoms with Crippen LogP contribution in [0.1, 0.15) is 44.9 Å². The summed E-state index contributed by atoms with van der Waals surface area (Å²) in [5, 5.41) is 8.63. The summed E-state index contributed by atoms with van der Waals surface area (Å²) in [7, 11) is 0. The molecule has 2 rings (SSSR count). The van der Waals surface area contributed by atoms with Gasteiger partial charge < -0.3 is 0 Å². The van der Waals surface area contributed by atoms with E-state index < -0.39 is 0 Å². The zero-order valence-electron chi connectivity index (χ0n) is 8.38. The van der Waals surface area contributed by atoms with Crippen LogP contribution in [0.4, 0.5) is 0 Å². The number of fused-ring (bicyclic) bond motifs is 1. The van der Waals surface area contributed by atoms with Gasteiger partial charge in [-0.1, -0.05) is 5.57 Å². The Morgan fingerprint density at radius 1 is 1.43 bits per heavy atom. The van der Waals surface area contributed by atoms with Gasteiger partial charge in [-0.25, -0.2) is 0 Å². The highest BCUT2D eigenvalue weighted by Crippen LogP contribution is 2.51. The quantitative estimate of drug-likeness (QED) is 0.670. The van der Waals surface area contributed by atoms with E-state index in [1.54, 1.807) is 0 Å². The Bertz CT molecular complexity index is 324. The average Bonchev–Trinajstić information content (AvgIpc) is 2.58. The van der Waals surface area contributed by atoms with Gasteiger partial charge in [0.1, 0.15) is 0 Å². The molecule has 1 unspecified atom stereocenters. The zero-order chi connectivity index (χ0) is 10.0. The third-order valence-corrected chi connectivity index (χ3v) is 3.68. The summed E-state index contributed by atoms with van der Waals surface area (Å²) in [5.41, 5.74) is 1.58. The van der Waals surface area contributed by atoms with E-state index in [9.17, 15) is 4.79 Å². The first-order chi connectivity index (χ1) is 6.77. The Kier molecular flexibility index (Phi) is 2.41. The largest absolute Gasteiger partial charge is 0.295 e. The number of allylic oxidation sites excluding steroid dienone is 2. The minimum atomic E-state index is 0.240. The lowest BCUT2D eigenvalue weighted by Crippen LogP contribution is -2.24. The van der Waals surface area contributed by atoms with Gasteiger partial charge in [0.05, 0.1) is 6.07 Å². The Balaban J connectivity index is 2.20. The van der Waals surface area contributed by atoms with Crippen LogP contribution in [0.2, 0.25) is 0 Å². The van der Waals surface area contributed by atoms with Gasteiger partial charge in [0.15, 0.2) is 5.78 Å². The van der Waals surface area contributed by atoms with Crippen molar-refractivity contribution in [1.29, 1.82) is 5.26 Å². The fourth-order valence-corrected chi connectivity index (χ4v) is 2.89. The minimum Gasteiger partial charge on any atom is -0.295 e. The van der Waals surface area contributed by atoms with E-state index in [0.29, 0.717) is 12.8 Å². The monoisotopic (exact) mass is 189 g/mol. The van der Waals surface area contributed by atoms with Crippen molar-refractivity contribution in [3.05, 3.63) is 11.6 Å². The van der Waals surface area contributed by atoms with Gasteiger partial charge in [0.2, 0.25) is 0 Å². The van der Waals surface area contributed by atoms with Gasteiger partial charge >= 0.3 is 0 Å². The van der Waals surface area contributed by atoms with Crippen LogP contribution in [0.15, 0.2) is 11.6 Å². The second-order valence-electron chi connectivity index (χ2n) is 4.43. The van der Waals surface area contributed by atoms with E-state index in [4.69, 9.17) is 5.26 Å². The Morgan fingerprint density at radius 2 is 2.29 bits per heavy atom. The van der Waals surface area contributed by atoms with Crippen molar-refractivity contribution in [3.8, 4) is 6.07 Å². The molecule has 2 aliphatic rings. The molecule has 0 N–H and O–H groups in total. The van der Waals surface area contributed by atoms with E-state index in [1.165, 1.54) is 18.4 Å². The Hall–Kier alpha value is -1.10. The van der Waals surface area contributed by atoms with E-state index >= 15 is 0 Å². The number of carbonyl (C=O) groups excluding carboxylic acids is 1. The highest BCUT2D eigenvalue weighted by atomic mass is 16.1. The molecule has 0 aromatic carbocycles. The molecule has 1 fully saturated rings. The fourth-order valence-electron chi connectivity index (χ4n) is 2.89. The van der Waals surface area contributed by atoms with E-state index in [2.05, 4.69) is 6.07 Å². The van der Waals surface area contributed by atoms with Gasteiger partial charge in [0.25, 0.3) is 0 Å². The van der Waals surface area contributed by atoms with Crippen LogP contribution in [-0.4, -0.2) is 5.78 Å². The molecule has 0 amide bonds. The maximum absolute atomic E-state index is 11.3. The molecule has 2 nitrogen and oxygen atoms in total. The normalized spacial score (nSPS) is 30.8. The number of nitrogens with zero attached hydrogens (tertiary/aromatic N) is 1. The Labute approximate surface area is 84.6 Å². The first-order valence-electron chi connectivity index (χ1n) is 5.38. The van der Waals surface area contributed by atoms with Crippen molar-refractivity contribution >= 4 is 5.78 Å². The molecule has 14 heavy (non-hydrogen) atoms. The lowest BCUT2D eigenvalue weighted by molar-refractivity contribution is -0.115. The van der Waals surface area contributed by atoms with Crippen molar-refractivity contribution in [3.63, 3.8) is 0 Å². The summed E-state index contributed by atoms with van der Waals surface area (Å²) < 4.78 is 0. The predicted molar refractivity (Wildman–Crippen MR) is 53.5 cm³/mol. The van der Waals surface area contributed by atoms with Gasteiger partial charge in [0, 0.05) is 12.8 Å². The highest BCUT2D eigenvalue weighted by Gasteiger charge is 2.40. The molecule has 0 saturated heterocycles. The molecule has 0 bridgehead atoms. The third kappa shape index (κ3) is 1.48. The number of hydrogen-bond donors (Lipinski definition) is 0. The van der Waals surface area contributed by atoms with Crippen LogP contribution in [0, 0.1) is 16.7 Å². The van der Waals surface area contributed by atoms with E-state index in [1.807, 2.05) is 6.08 Å². The molecule has 0 spiro atoms. The van der Waals surface area contributed by atoms with Crippen molar-refractivity contribution in [1.82, 2.24) is 0 Å². The zero-order valence-corrected chi connectivity index (χ0v) is 8.38. The van der Waals surface area contributed by atoms with Crippen LogP contribution < -0.4 is 0 Å². The molecule has 0 aromatic rings. The summed E-state index contributed by atoms with van der Waals surface area (Å²) in [6.07, 6.45) is 8.59. The van der Waals surface area contributed by atoms with Crippen molar-refractivity contribution in [2.75, 3.05) is 0 Å². The first-order valence-corrected chi connectivity index (χ1v) is 5.38. The van der Waals surface area contributed by atoms with E-state index in [0.717, 1.165) is 19.3 Å². The molecule has 2 heteroatoms. The summed E-state index contributed by atoms with van der Waals surface area (Å²) in [5.74, 6) is 0.287. The van der Waals surface area contributed by atoms with Gasteiger partial charge in [-0.05, 0) is 43.6 Å². The number of ketones is 1. The van der Waals surface area contributed by atoms with Gasteiger partial charge in [-0.2, -0.15) is 5.26 Å². The summed E-state index contributed by atoms with van der Waals surface area (Å²) >= 11 is 0. The van der Waals surface area contributed by atoms with Crippen LogP contribution in [0.5, 0.6) is 0 Å². The SMILES string of the molecule is N#CCCC12CCCC1=CC(=O)CC2. The maximum atomic E-state index is 11.3. The molecule has 2 aliphatic carbocycles. The molecule has 0 aromatic heterocycles. The maximum Gasteiger partial charge on any atom is 0.155 e. The predicted octanol–water partition coefficient (Wildman–Crippen LogP) is 2.75. The highest BCUT2D eigenvalue weighted by molar-refractivity contribution is 5.91. The molecular formula is C12H15NO. The average molecular weight is 189 g/mol. The van der Waals surface area contributed by atoms with Crippen LogP contribution in [0.3, 0.4) is 0 Å². The summed E-state index contributed by atoms with van der Waals surface area (Å²) in [6.45, 7) is 0. The Morgan fingerprint density at radius 3 is 3.07 bits per heavy atom. The van der Waals surface area contributed by atoms with Gasteiger partial charge in [-0.15, -0.1) is 0 Å². The van der Waals surface area contributed by atoms with Crippen LogP contribution in [0.25, 0.3) is 0 Å². The number of nitriles is 1. The fraction of sp³-hybridized carbons (Fsp3) is 0.667. The topological polar surface area (TPSA) is 40.9 Å². The second kappa shape index (κ2) is 3.57. The smallest absolute Gasteiger partial charge is 0.155 e. The molecule has 0 radical (unpaired) electrons. The molecule has 1 saturated carbocycles.